The molecule has 1 atom stereocenters. The molecule has 0 aliphatic carbocycles. The number of nitrogens with two attached hydrogens (primary N) is 1. The van der Waals surface area contributed by atoms with Crippen LogP contribution < -0.4 is 16.0 Å². The lowest BCUT2D eigenvalue weighted by molar-refractivity contribution is -0.120. The summed E-state index contributed by atoms with van der Waals surface area (Å²) >= 11 is 0. The molecular formula is C15H23N3O. The van der Waals surface area contributed by atoms with Crippen LogP contribution in [0.15, 0.2) is 24.3 Å². The number of hydrogen-bond acceptors (Lipinski definition) is 3. The number of rotatable bonds is 6. The third-order valence-electron chi connectivity index (χ3n) is 3.78. The van der Waals surface area contributed by atoms with Gasteiger partial charge in [-0.3, -0.25) is 4.79 Å². The largest absolute Gasteiger partial charge is 0.371 e. The molecule has 0 saturated carbocycles. The van der Waals surface area contributed by atoms with Gasteiger partial charge in [-0.1, -0.05) is 18.2 Å². The zero-order valence-electron chi connectivity index (χ0n) is 11.6. The van der Waals surface area contributed by atoms with Crippen LogP contribution in [0.3, 0.4) is 0 Å². The number of amides is 1. The number of anilines is 1. The van der Waals surface area contributed by atoms with Gasteiger partial charge in [0.2, 0.25) is 5.91 Å². The number of carbonyl (C=O) groups is 1. The first-order valence-electron chi connectivity index (χ1n) is 7.00. The van der Waals surface area contributed by atoms with E-state index in [0.29, 0.717) is 12.3 Å². The molecule has 1 aromatic rings. The first-order chi connectivity index (χ1) is 9.26. The predicted octanol–water partition coefficient (Wildman–Crippen LogP) is 1.47. The van der Waals surface area contributed by atoms with Crippen LogP contribution in [0.2, 0.25) is 0 Å². The molecule has 0 fully saturated rings. The molecule has 1 unspecified atom stereocenters. The molecule has 0 radical (unpaired) electrons. The number of nitrogens with one attached hydrogen (secondary N) is 1. The Kier molecular flexibility index (Phi) is 4.80. The number of nitrogens with zero attached hydrogens (tertiary/aromatic N) is 1. The van der Waals surface area contributed by atoms with Gasteiger partial charge in [0.1, 0.15) is 0 Å². The quantitative estimate of drug-likeness (QED) is 0.815. The Labute approximate surface area is 115 Å². The van der Waals surface area contributed by atoms with E-state index in [9.17, 15) is 4.79 Å². The van der Waals surface area contributed by atoms with Crippen LogP contribution in [-0.4, -0.2) is 32.6 Å². The number of hydrogen-bond donors (Lipinski definition) is 2. The monoisotopic (exact) mass is 261 g/mol. The Bertz CT molecular complexity index is 433. The lowest BCUT2D eigenvalue weighted by atomic mass is 9.98. The van der Waals surface area contributed by atoms with Gasteiger partial charge in [-0.2, -0.15) is 0 Å². The van der Waals surface area contributed by atoms with Crippen molar-refractivity contribution in [3.05, 3.63) is 29.8 Å². The van der Waals surface area contributed by atoms with E-state index in [0.717, 1.165) is 32.5 Å². The molecule has 1 aliphatic rings. The maximum absolute atomic E-state index is 11.3. The Balaban J connectivity index is 1.97. The Morgan fingerprint density at radius 1 is 1.47 bits per heavy atom. The maximum atomic E-state index is 11.3. The minimum absolute atomic E-state index is 0.117. The van der Waals surface area contributed by atoms with Gasteiger partial charge in [-0.15, -0.1) is 0 Å². The SMILES string of the molecule is CNC(=O)CCCN1CC(CCN)c2ccccc21. The van der Waals surface area contributed by atoms with E-state index in [1.54, 1.807) is 7.05 Å². The van der Waals surface area contributed by atoms with E-state index in [4.69, 9.17) is 5.73 Å². The van der Waals surface area contributed by atoms with Crippen molar-refractivity contribution in [3.63, 3.8) is 0 Å². The summed E-state index contributed by atoms with van der Waals surface area (Å²) < 4.78 is 0. The second-order valence-electron chi connectivity index (χ2n) is 5.06. The smallest absolute Gasteiger partial charge is 0.219 e. The molecule has 0 bridgehead atoms. The number of benzene rings is 1. The van der Waals surface area contributed by atoms with Crippen LogP contribution in [0.25, 0.3) is 0 Å². The highest BCUT2D eigenvalue weighted by atomic mass is 16.1. The van der Waals surface area contributed by atoms with E-state index < -0.39 is 0 Å². The molecule has 0 aromatic heterocycles. The van der Waals surface area contributed by atoms with Crippen molar-refractivity contribution < 1.29 is 4.79 Å². The fourth-order valence-corrected chi connectivity index (χ4v) is 2.80. The Morgan fingerprint density at radius 2 is 2.26 bits per heavy atom. The zero-order valence-corrected chi connectivity index (χ0v) is 11.6. The second kappa shape index (κ2) is 6.57. The van der Waals surface area contributed by atoms with Crippen molar-refractivity contribution in [3.8, 4) is 0 Å². The summed E-state index contributed by atoms with van der Waals surface area (Å²) in [4.78, 5) is 13.6. The highest BCUT2D eigenvalue weighted by Gasteiger charge is 2.27. The van der Waals surface area contributed by atoms with Crippen molar-refractivity contribution >= 4 is 11.6 Å². The Hall–Kier alpha value is -1.55. The van der Waals surface area contributed by atoms with Crippen LogP contribution >= 0.6 is 0 Å². The maximum Gasteiger partial charge on any atom is 0.219 e. The molecule has 1 aliphatic heterocycles. The van der Waals surface area contributed by atoms with Gasteiger partial charge in [0.25, 0.3) is 0 Å². The summed E-state index contributed by atoms with van der Waals surface area (Å²) in [5.74, 6) is 0.659. The molecular weight excluding hydrogens is 238 g/mol. The molecule has 1 aromatic carbocycles. The highest BCUT2D eigenvalue weighted by molar-refractivity contribution is 5.75. The summed E-state index contributed by atoms with van der Waals surface area (Å²) in [6.07, 6.45) is 2.52. The van der Waals surface area contributed by atoms with Crippen LogP contribution in [0.1, 0.15) is 30.7 Å². The predicted molar refractivity (Wildman–Crippen MR) is 78.4 cm³/mol. The molecule has 4 heteroatoms. The standard InChI is InChI=1S/C15H23N3O/c1-17-15(19)7-4-10-18-11-12(8-9-16)13-5-2-3-6-14(13)18/h2-3,5-6,12H,4,7-11,16H2,1H3,(H,17,19). The highest BCUT2D eigenvalue weighted by Crippen LogP contribution is 2.37. The molecule has 0 spiro atoms. The molecule has 4 nitrogen and oxygen atoms in total. The molecule has 0 saturated heterocycles. The van der Waals surface area contributed by atoms with Crippen molar-refractivity contribution in [2.75, 3.05) is 31.6 Å². The molecule has 3 N–H and O–H groups in total. The first-order valence-corrected chi connectivity index (χ1v) is 7.00. The topological polar surface area (TPSA) is 58.4 Å². The van der Waals surface area contributed by atoms with E-state index in [1.165, 1.54) is 11.3 Å². The van der Waals surface area contributed by atoms with Crippen LogP contribution in [0, 0.1) is 0 Å². The van der Waals surface area contributed by atoms with E-state index in [-0.39, 0.29) is 5.91 Å². The van der Waals surface area contributed by atoms with Gasteiger partial charge in [0.05, 0.1) is 0 Å². The van der Waals surface area contributed by atoms with Gasteiger partial charge >= 0.3 is 0 Å². The minimum Gasteiger partial charge on any atom is -0.371 e. The van der Waals surface area contributed by atoms with Gasteiger partial charge in [-0.25, -0.2) is 0 Å². The van der Waals surface area contributed by atoms with Crippen molar-refractivity contribution in [1.29, 1.82) is 0 Å². The fraction of sp³-hybridized carbons (Fsp3) is 0.533. The van der Waals surface area contributed by atoms with E-state index in [1.807, 2.05) is 0 Å². The van der Waals surface area contributed by atoms with Crippen molar-refractivity contribution in [2.45, 2.75) is 25.2 Å². The summed E-state index contributed by atoms with van der Waals surface area (Å²) in [5, 5.41) is 2.66. The first kappa shape index (κ1) is 13.9. The van der Waals surface area contributed by atoms with Crippen molar-refractivity contribution in [1.82, 2.24) is 5.32 Å². The van der Waals surface area contributed by atoms with Gasteiger partial charge < -0.3 is 16.0 Å². The normalized spacial score (nSPS) is 17.4. The third kappa shape index (κ3) is 3.26. The molecule has 19 heavy (non-hydrogen) atoms. The second-order valence-corrected chi connectivity index (χ2v) is 5.06. The van der Waals surface area contributed by atoms with Crippen LogP contribution in [-0.2, 0) is 4.79 Å². The number of para-hydroxylation sites is 1. The third-order valence-corrected chi connectivity index (χ3v) is 3.78. The van der Waals surface area contributed by atoms with Crippen LogP contribution in [0.4, 0.5) is 5.69 Å². The van der Waals surface area contributed by atoms with Crippen LogP contribution in [0.5, 0.6) is 0 Å². The zero-order chi connectivity index (χ0) is 13.7. The van der Waals surface area contributed by atoms with E-state index in [2.05, 4.69) is 34.5 Å². The van der Waals surface area contributed by atoms with Gasteiger partial charge in [-0.05, 0) is 31.0 Å². The average Bonchev–Trinajstić information content (AvgIpc) is 2.78. The van der Waals surface area contributed by atoms with E-state index >= 15 is 0 Å². The molecule has 1 heterocycles. The number of fused-ring (bicyclic) bond motifs is 1. The lowest BCUT2D eigenvalue weighted by Crippen LogP contribution is -2.25. The summed E-state index contributed by atoms with van der Waals surface area (Å²) in [5.41, 5.74) is 8.42. The van der Waals surface area contributed by atoms with Gasteiger partial charge in [0.15, 0.2) is 0 Å². The summed E-state index contributed by atoms with van der Waals surface area (Å²) in [6.45, 7) is 2.70. The minimum atomic E-state index is 0.117. The number of carbonyl (C=O) groups excluding carboxylic acids is 1. The average molecular weight is 261 g/mol. The molecule has 104 valence electrons. The van der Waals surface area contributed by atoms with Gasteiger partial charge in [0, 0.05) is 38.2 Å². The lowest BCUT2D eigenvalue weighted by Gasteiger charge is -2.19. The molecule has 1 amide bonds. The fourth-order valence-electron chi connectivity index (χ4n) is 2.80. The molecule has 2 rings (SSSR count). The summed E-state index contributed by atoms with van der Waals surface area (Å²) in [6, 6.07) is 8.55. The van der Waals surface area contributed by atoms with Crippen molar-refractivity contribution in [2.24, 2.45) is 5.73 Å². The summed E-state index contributed by atoms with van der Waals surface area (Å²) in [7, 11) is 1.69. The Morgan fingerprint density at radius 3 is 3.00 bits per heavy atom.